The van der Waals surface area contributed by atoms with E-state index in [1.807, 2.05) is 0 Å². The number of halogens is 3. The van der Waals surface area contributed by atoms with E-state index in [9.17, 15) is 18.0 Å². The molecule has 0 radical (unpaired) electrons. The first-order chi connectivity index (χ1) is 9.95. The minimum Gasteiger partial charge on any atom is -0.368 e. The Bertz CT molecular complexity index is 525. The zero-order chi connectivity index (χ0) is 15.0. The van der Waals surface area contributed by atoms with Gasteiger partial charge in [-0.25, -0.2) is 0 Å². The number of aromatic nitrogens is 2. The van der Waals surface area contributed by atoms with E-state index in [4.69, 9.17) is 4.74 Å². The van der Waals surface area contributed by atoms with Crippen molar-refractivity contribution >= 4 is 5.91 Å². The number of ether oxygens (including phenoxy) is 1. The Balaban J connectivity index is 1.64. The summed E-state index contributed by atoms with van der Waals surface area (Å²) in [6.45, 7) is 1.35. The molecule has 1 aromatic rings. The fraction of sp³-hybridized carbons (Fsp3) is 0.750. The number of nitrogens with zero attached hydrogens (tertiary/aromatic N) is 3. The standard InChI is InChI=1S/C12H14F3N3O3/c13-12(14,15)11-16-9(17-21-11)7-3-4-18(6-7)10(19)8-2-1-5-20-8/h7-8H,1-6H2/t7-,8+/m0/s1. The number of hydrogen-bond donors (Lipinski definition) is 0. The number of hydrogen-bond acceptors (Lipinski definition) is 5. The minimum atomic E-state index is -4.64. The molecule has 2 fully saturated rings. The highest BCUT2D eigenvalue weighted by atomic mass is 19.4. The molecular formula is C12H14F3N3O3. The van der Waals surface area contributed by atoms with Gasteiger partial charge in [-0.3, -0.25) is 4.79 Å². The van der Waals surface area contributed by atoms with E-state index in [1.165, 1.54) is 0 Å². The summed E-state index contributed by atoms with van der Waals surface area (Å²) < 4.78 is 46.8. The Hall–Kier alpha value is -1.64. The van der Waals surface area contributed by atoms with E-state index in [0.29, 0.717) is 32.5 Å². The van der Waals surface area contributed by atoms with Gasteiger partial charge in [0.1, 0.15) is 6.10 Å². The van der Waals surface area contributed by atoms with Crippen molar-refractivity contribution < 1.29 is 27.2 Å². The molecule has 2 aliphatic rings. The van der Waals surface area contributed by atoms with Crippen LogP contribution in [0.3, 0.4) is 0 Å². The Morgan fingerprint density at radius 2 is 2.14 bits per heavy atom. The lowest BCUT2D eigenvalue weighted by atomic mass is 10.1. The van der Waals surface area contributed by atoms with Gasteiger partial charge in [0.25, 0.3) is 5.91 Å². The van der Waals surface area contributed by atoms with E-state index < -0.39 is 18.2 Å². The minimum absolute atomic E-state index is 0.00460. The van der Waals surface area contributed by atoms with Gasteiger partial charge in [-0.1, -0.05) is 5.16 Å². The Kier molecular flexibility index (Phi) is 3.60. The van der Waals surface area contributed by atoms with Crippen molar-refractivity contribution in [2.75, 3.05) is 19.7 Å². The SMILES string of the molecule is O=C([C@H]1CCCO1)N1CC[C@H](c2noc(C(F)(F)F)n2)C1. The number of carbonyl (C=O) groups is 1. The van der Waals surface area contributed by atoms with Crippen LogP contribution in [-0.4, -0.2) is 46.7 Å². The van der Waals surface area contributed by atoms with Crippen molar-refractivity contribution in [3.05, 3.63) is 11.7 Å². The third-order valence-corrected chi connectivity index (χ3v) is 3.75. The van der Waals surface area contributed by atoms with Crippen molar-refractivity contribution in [2.24, 2.45) is 0 Å². The average Bonchev–Trinajstić information content (AvgIpc) is 3.17. The van der Waals surface area contributed by atoms with E-state index in [-0.39, 0.29) is 17.6 Å². The zero-order valence-corrected chi connectivity index (χ0v) is 11.1. The highest BCUT2D eigenvalue weighted by Gasteiger charge is 2.40. The molecule has 0 bridgehead atoms. The monoisotopic (exact) mass is 305 g/mol. The number of likely N-dealkylation sites (tertiary alicyclic amines) is 1. The maximum Gasteiger partial charge on any atom is 0.471 e. The van der Waals surface area contributed by atoms with Crippen molar-refractivity contribution in [2.45, 2.75) is 37.5 Å². The summed E-state index contributed by atoms with van der Waals surface area (Å²) in [6.07, 6.45) is -2.99. The lowest BCUT2D eigenvalue weighted by Crippen LogP contribution is -2.37. The molecule has 0 spiro atoms. The maximum absolute atomic E-state index is 12.4. The van der Waals surface area contributed by atoms with Crippen LogP contribution in [0, 0.1) is 0 Å². The molecule has 1 aromatic heterocycles. The summed E-state index contributed by atoms with van der Waals surface area (Å²) >= 11 is 0. The van der Waals surface area contributed by atoms with Crippen molar-refractivity contribution in [3.63, 3.8) is 0 Å². The van der Waals surface area contributed by atoms with Crippen molar-refractivity contribution in [1.82, 2.24) is 15.0 Å². The second kappa shape index (κ2) is 5.28. The van der Waals surface area contributed by atoms with Crippen LogP contribution in [-0.2, 0) is 15.7 Å². The summed E-state index contributed by atoms with van der Waals surface area (Å²) in [6, 6.07) is 0. The van der Waals surface area contributed by atoms with Crippen LogP contribution in [0.2, 0.25) is 0 Å². The third-order valence-electron chi connectivity index (χ3n) is 3.75. The van der Waals surface area contributed by atoms with E-state index in [1.54, 1.807) is 4.90 Å². The third kappa shape index (κ3) is 2.87. The highest BCUT2D eigenvalue weighted by Crippen LogP contribution is 2.31. The second-order valence-corrected chi connectivity index (χ2v) is 5.23. The predicted molar refractivity (Wildman–Crippen MR) is 62.2 cm³/mol. The molecule has 0 aromatic carbocycles. The summed E-state index contributed by atoms with van der Waals surface area (Å²) in [7, 11) is 0. The zero-order valence-electron chi connectivity index (χ0n) is 11.1. The topological polar surface area (TPSA) is 68.5 Å². The number of amides is 1. The highest BCUT2D eigenvalue weighted by molar-refractivity contribution is 5.81. The van der Waals surface area contributed by atoms with Gasteiger partial charge in [0.05, 0.1) is 0 Å². The fourth-order valence-electron chi connectivity index (χ4n) is 2.66. The summed E-state index contributed by atoms with van der Waals surface area (Å²) in [5.74, 6) is -1.77. The van der Waals surface area contributed by atoms with E-state index >= 15 is 0 Å². The molecule has 1 amide bonds. The largest absolute Gasteiger partial charge is 0.471 e. The Labute approximate surface area is 118 Å². The lowest BCUT2D eigenvalue weighted by Gasteiger charge is -2.19. The molecule has 2 aliphatic heterocycles. The van der Waals surface area contributed by atoms with Gasteiger partial charge < -0.3 is 14.2 Å². The normalized spacial score (nSPS) is 26.5. The molecule has 21 heavy (non-hydrogen) atoms. The average molecular weight is 305 g/mol. The van der Waals surface area contributed by atoms with Crippen LogP contribution in [0.1, 0.15) is 36.9 Å². The second-order valence-electron chi connectivity index (χ2n) is 5.23. The molecule has 3 heterocycles. The smallest absolute Gasteiger partial charge is 0.368 e. The van der Waals surface area contributed by atoms with Crippen LogP contribution in [0.15, 0.2) is 4.52 Å². The first-order valence-electron chi connectivity index (χ1n) is 6.76. The van der Waals surface area contributed by atoms with Crippen molar-refractivity contribution in [3.8, 4) is 0 Å². The summed E-state index contributed by atoms with van der Waals surface area (Å²) in [5, 5.41) is 3.38. The van der Waals surface area contributed by atoms with E-state index in [0.717, 1.165) is 6.42 Å². The Morgan fingerprint density at radius 3 is 2.76 bits per heavy atom. The van der Waals surface area contributed by atoms with Crippen LogP contribution in [0.4, 0.5) is 13.2 Å². The fourth-order valence-corrected chi connectivity index (χ4v) is 2.66. The van der Waals surface area contributed by atoms with Gasteiger partial charge in [-0.2, -0.15) is 18.2 Å². The molecule has 0 aliphatic carbocycles. The summed E-state index contributed by atoms with van der Waals surface area (Å²) in [4.78, 5) is 17.1. The molecule has 0 unspecified atom stereocenters. The summed E-state index contributed by atoms with van der Waals surface area (Å²) in [5.41, 5.74) is 0. The van der Waals surface area contributed by atoms with Gasteiger partial charge in [-0.05, 0) is 19.3 Å². The van der Waals surface area contributed by atoms with Gasteiger partial charge >= 0.3 is 12.1 Å². The molecule has 3 rings (SSSR count). The number of rotatable bonds is 2. The number of carbonyl (C=O) groups excluding carboxylic acids is 1. The first-order valence-corrected chi connectivity index (χ1v) is 6.76. The van der Waals surface area contributed by atoms with Crippen LogP contribution < -0.4 is 0 Å². The van der Waals surface area contributed by atoms with Crippen molar-refractivity contribution in [1.29, 1.82) is 0 Å². The van der Waals surface area contributed by atoms with E-state index in [2.05, 4.69) is 14.7 Å². The Morgan fingerprint density at radius 1 is 1.33 bits per heavy atom. The van der Waals surface area contributed by atoms with Crippen LogP contribution in [0.25, 0.3) is 0 Å². The molecular weight excluding hydrogens is 291 g/mol. The molecule has 2 saturated heterocycles. The molecule has 0 saturated carbocycles. The van der Waals surface area contributed by atoms with Crippen LogP contribution in [0.5, 0.6) is 0 Å². The molecule has 2 atom stereocenters. The molecule has 0 N–H and O–H groups in total. The van der Waals surface area contributed by atoms with Crippen LogP contribution >= 0.6 is 0 Å². The predicted octanol–water partition coefficient (Wildman–Crippen LogP) is 1.58. The molecule has 9 heteroatoms. The van der Waals surface area contributed by atoms with Gasteiger partial charge in [0, 0.05) is 25.6 Å². The van der Waals surface area contributed by atoms with Gasteiger partial charge in [0.2, 0.25) is 0 Å². The van der Waals surface area contributed by atoms with Gasteiger partial charge in [0.15, 0.2) is 5.82 Å². The maximum atomic E-state index is 12.4. The quantitative estimate of drug-likeness (QED) is 0.830. The first kappa shape index (κ1) is 14.3. The number of alkyl halides is 3. The molecule has 116 valence electrons. The lowest BCUT2D eigenvalue weighted by molar-refractivity contribution is -0.159. The molecule has 6 nitrogen and oxygen atoms in total. The van der Waals surface area contributed by atoms with Gasteiger partial charge in [-0.15, -0.1) is 0 Å².